The highest BCUT2D eigenvalue weighted by Crippen LogP contribution is 2.33. The fourth-order valence-electron chi connectivity index (χ4n) is 3.76. The Morgan fingerprint density at radius 2 is 1.94 bits per heavy atom. The fraction of sp³-hybridized carbons (Fsp3) is 0.190. The number of ether oxygens (including phenoxy) is 1. The second-order valence-corrected chi connectivity index (χ2v) is 9.65. The lowest BCUT2D eigenvalue weighted by Gasteiger charge is -2.26. The Morgan fingerprint density at radius 1 is 1.15 bits per heavy atom. The first-order chi connectivity index (χ1) is 16.1. The number of imidazole rings is 1. The number of fused-ring (bicyclic) bond motifs is 2. The Morgan fingerprint density at radius 3 is 2.73 bits per heavy atom. The maximum Gasteiger partial charge on any atom is 0.283 e. The number of carbonyl (C=O) groups excluding carboxylic acids is 1. The highest BCUT2D eigenvalue weighted by atomic mass is 35.5. The summed E-state index contributed by atoms with van der Waals surface area (Å²) in [7, 11) is 0. The van der Waals surface area contributed by atoms with Crippen LogP contribution in [0.4, 0.5) is 0 Å². The molecule has 166 valence electrons. The first-order valence-corrected chi connectivity index (χ1v) is 12.2. The molecule has 5 heterocycles. The number of hydrogen-bond donors (Lipinski definition) is 1. The van der Waals surface area contributed by atoms with Gasteiger partial charge in [0.05, 0.1) is 30.2 Å². The Hall–Kier alpha value is -2.99. The molecule has 3 aromatic rings. The van der Waals surface area contributed by atoms with Crippen molar-refractivity contribution in [2.45, 2.75) is 0 Å². The Kier molecular flexibility index (Phi) is 5.06. The van der Waals surface area contributed by atoms with E-state index >= 15 is 0 Å². The smallest absolute Gasteiger partial charge is 0.283 e. The molecule has 0 aliphatic carbocycles. The zero-order chi connectivity index (χ0) is 22.5. The molecule has 3 aliphatic heterocycles. The van der Waals surface area contributed by atoms with Crippen LogP contribution in [0.1, 0.15) is 5.69 Å². The number of hydrazone groups is 1. The third-order valence-electron chi connectivity index (χ3n) is 5.42. The zero-order valence-corrected chi connectivity index (χ0v) is 19.5. The summed E-state index contributed by atoms with van der Waals surface area (Å²) in [6, 6.07) is 7.37. The number of hydrogen-bond acceptors (Lipinski definition) is 8. The number of aliphatic imine (C=N–C) groups is 1. The van der Waals surface area contributed by atoms with Crippen LogP contribution in [0.25, 0.3) is 22.3 Å². The summed E-state index contributed by atoms with van der Waals surface area (Å²) in [6.45, 7) is 2.68. The number of halogens is 1. The number of benzene rings is 1. The predicted molar refractivity (Wildman–Crippen MR) is 131 cm³/mol. The molecule has 1 fully saturated rings. The Labute approximate surface area is 201 Å². The van der Waals surface area contributed by atoms with Gasteiger partial charge in [-0.2, -0.15) is 10.0 Å². The minimum Gasteiger partial charge on any atom is -0.378 e. The van der Waals surface area contributed by atoms with Gasteiger partial charge in [-0.3, -0.25) is 14.6 Å². The second-order valence-electron chi connectivity index (χ2n) is 7.41. The number of amidine groups is 3. The van der Waals surface area contributed by atoms with Gasteiger partial charge in [-0.25, -0.2) is 4.98 Å². The maximum absolute atomic E-state index is 13.0. The summed E-state index contributed by atoms with van der Waals surface area (Å²) in [5.74, 6) is -0.475. The van der Waals surface area contributed by atoms with E-state index in [-0.39, 0.29) is 11.4 Å². The molecule has 0 atom stereocenters. The van der Waals surface area contributed by atoms with E-state index in [1.165, 1.54) is 28.1 Å². The number of nitrogens with one attached hydrogen (secondary N) is 1. The number of morpholine rings is 1. The maximum atomic E-state index is 13.0. The van der Waals surface area contributed by atoms with E-state index in [2.05, 4.69) is 15.0 Å². The van der Waals surface area contributed by atoms with Crippen molar-refractivity contribution < 1.29 is 9.53 Å². The number of nitrogens with zero attached hydrogens (tertiary/aromatic N) is 6. The summed E-state index contributed by atoms with van der Waals surface area (Å²) in [5.41, 5.74) is 2.43. The van der Waals surface area contributed by atoms with E-state index in [4.69, 9.17) is 26.7 Å². The van der Waals surface area contributed by atoms with Crippen molar-refractivity contribution in [1.29, 1.82) is 5.41 Å². The van der Waals surface area contributed by atoms with Gasteiger partial charge in [-0.15, -0.1) is 16.4 Å². The number of rotatable bonds is 2. The van der Waals surface area contributed by atoms with Gasteiger partial charge in [0.15, 0.2) is 16.0 Å². The molecule has 9 nitrogen and oxygen atoms in total. The van der Waals surface area contributed by atoms with E-state index in [1.807, 2.05) is 28.1 Å². The highest BCUT2D eigenvalue weighted by molar-refractivity contribution is 8.26. The van der Waals surface area contributed by atoms with Gasteiger partial charge in [0, 0.05) is 35.3 Å². The van der Waals surface area contributed by atoms with E-state index in [9.17, 15) is 4.79 Å². The number of amides is 1. The molecule has 1 aromatic carbocycles. The molecule has 0 bridgehead atoms. The topological polar surface area (TPSA) is 98.7 Å². The van der Waals surface area contributed by atoms with Crippen molar-refractivity contribution in [2.24, 2.45) is 10.1 Å². The molecule has 3 aliphatic rings. The van der Waals surface area contributed by atoms with E-state index < -0.39 is 5.91 Å². The molecule has 0 unspecified atom stereocenters. The molecule has 1 N–H and O–H groups in total. The van der Waals surface area contributed by atoms with Crippen LogP contribution in [-0.4, -0.2) is 67.7 Å². The predicted octanol–water partition coefficient (Wildman–Crippen LogP) is 3.63. The van der Waals surface area contributed by atoms with Crippen LogP contribution in [0, 0.1) is 5.41 Å². The number of thioether (sulfide) groups is 1. The summed E-state index contributed by atoms with van der Waals surface area (Å²) in [4.78, 5) is 24.8. The number of carbonyl (C=O) groups is 1. The molecule has 1 saturated heterocycles. The van der Waals surface area contributed by atoms with Crippen LogP contribution in [0.2, 0.25) is 5.02 Å². The monoisotopic (exact) mass is 497 g/mol. The lowest BCUT2D eigenvalue weighted by atomic mass is 10.1. The van der Waals surface area contributed by atoms with Gasteiger partial charge in [0.1, 0.15) is 0 Å². The van der Waals surface area contributed by atoms with Gasteiger partial charge < -0.3 is 9.64 Å². The molecule has 12 heteroatoms. The van der Waals surface area contributed by atoms with Gasteiger partial charge in [0.2, 0.25) is 5.17 Å². The minimum atomic E-state index is -0.468. The van der Waals surface area contributed by atoms with Crippen molar-refractivity contribution in [2.75, 3.05) is 26.3 Å². The molecular formula is C21H16ClN7O2S2. The highest BCUT2D eigenvalue weighted by Gasteiger charge is 2.38. The summed E-state index contributed by atoms with van der Waals surface area (Å²) < 4.78 is 7.31. The van der Waals surface area contributed by atoms with E-state index in [0.717, 1.165) is 15.7 Å². The van der Waals surface area contributed by atoms with Crippen molar-refractivity contribution in [1.82, 2.24) is 19.3 Å². The molecule has 0 saturated carbocycles. The molecule has 0 spiro atoms. The largest absolute Gasteiger partial charge is 0.378 e. The third-order valence-corrected chi connectivity index (χ3v) is 7.40. The van der Waals surface area contributed by atoms with Crippen LogP contribution in [-0.2, 0) is 9.53 Å². The van der Waals surface area contributed by atoms with Crippen molar-refractivity contribution in [3.05, 3.63) is 52.1 Å². The van der Waals surface area contributed by atoms with Crippen molar-refractivity contribution in [3.63, 3.8) is 0 Å². The number of aromatic nitrogens is 2. The summed E-state index contributed by atoms with van der Waals surface area (Å²) >= 11 is 8.85. The third kappa shape index (κ3) is 3.57. The standard InChI is InChI=1S/C21H16ClN7O2S2/c22-13-3-1-12(2-4-13)16-15(28-7-10-32-19(28)24-16)11-14-17(23)29-20(25-18(14)30)33-21(26-29)27-5-8-31-9-6-27/h1-4,7,10-11,23H,5-6,8-9H2/b14-11-,23-17?. The molecule has 0 radical (unpaired) electrons. The molecular weight excluding hydrogens is 482 g/mol. The first-order valence-electron chi connectivity index (χ1n) is 10.1. The molecule has 1 amide bonds. The normalized spacial score (nSPS) is 20.0. The quantitative estimate of drug-likeness (QED) is 0.543. The minimum absolute atomic E-state index is 0.00649. The zero-order valence-electron chi connectivity index (χ0n) is 17.1. The Bertz CT molecular complexity index is 1380. The summed E-state index contributed by atoms with van der Waals surface area (Å²) in [5, 5.41) is 18.4. The van der Waals surface area contributed by atoms with Gasteiger partial charge in [-0.1, -0.05) is 23.7 Å². The average molecular weight is 498 g/mol. The van der Waals surface area contributed by atoms with Crippen molar-refractivity contribution in [3.8, 4) is 11.3 Å². The van der Waals surface area contributed by atoms with Crippen LogP contribution in [0.5, 0.6) is 0 Å². The fourth-order valence-corrected chi connectivity index (χ4v) is 5.55. The van der Waals surface area contributed by atoms with Gasteiger partial charge in [-0.05, 0) is 30.0 Å². The molecule has 2 aromatic heterocycles. The molecule has 33 heavy (non-hydrogen) atoms. The van der Waals surface area contributed by atoms with Crippen molar-refractivity contribution >= 4 is 67.8 Å². The van der Waals surface area contributed by atoms with Crippen LogP contribution < -0.4 is 0 Å². The van der Waals surface area contributed by atoms with Crippen LogP contribution >= 0.6 is 34.7 Å². The second kappa shape index (κ2) is 8.10. The van der Waals surface area contributed by atoms with E-state index in [1.54, 1.807) is 18.2 Å². The lowest BCUT2D eigenvalue weighted by Crippen LogP contribution is -2.39. The van der Waals surface area contributed by atoms with Gasteiger partial charge in [0.25, 0.3) is 5.91 Å². The average Bonchev–Trinajstić information content (AvgIpc) is 3.53. The first kappa shape index (κ1) is 20.6. The molecule has 6 rings (SSSR count). The van der Waals surface area contributed by atoms with E-state index in [0.29, 0.717) is 47.9 Å². The number of thiazole rings is 1. The van der Waals surface area contributed by atoms with Crippen LogP contribution in [0.3, 0.4) is 0 Å². The van der Waals surface area contributed by atoms with Gasteiger partial charge >= 0.3 is 0 Å². The Balaban J connectivity index is 1.41. The summed E-state index contributed by atoms with van der Waals surface area (Å²) in [6.07, 6.45) is 3.57. The SMILES string of the molecule is N=C1/C(=C/c2c(-c3ccc(Cl)cc3)nc3sccn23)C(=O)N=C2SC(N3CCOCC3)=NN12. The van der Waals surface area contributed by atoms with Crippen LogP contribution in [0.15, 0.2) is 51.5 Å². The lowest BCUT2D eigenvalue weighted by molar-refractivity contribution is -0.114.